The van der Waals surface area contributed by atoms with Crippen molar-refractivity contribution in [3.63, 3.8) is 0 Å². The molecular formula is C16H29F3N2O2. The number of carbonyl (C=O) groups excluding carboxylic acids is 2. The number of amides is 2. The average molecular weight is 338 g/mol. The number of alkyl halides is 3. The van der Waals surface area contributed by atoms with Crippen molar-refractivity contribution in [2.75, 3.05) is 6.54 Å². The molecule has 0 aromatic rings. The highest BCUT2D eigenvalue weighted by Crippen LogP contribution is 2.25. The van der Waals surface area contributed by atoms with Gasteiger partial charge in [-0.25, -0.2) is 0 Å². The zero-order valence-electron chi connectivity index (χ0n) is 14.9. The molecule has 1 unspecified atom stereocenters. The van der Waals surface area contributed by atoms with E-state index >= 15 is 0 Å². The van der Waals surface area contributed by atoms with Crippen molar-refractivity contribution in [2.24, 2.45) is 10.8 Å². The van der Waals surface area contributed by atoms with Gasteiger partial charge in [-0.3, -0.25) is 9.59 Å². The first-order valence-electron chi connectivity index (χ1n) is 7.81. The third kappa shape index (κ3) is 9.46. The molecule has 0 aliphatic heterocycles. The molecule has 0 aliphatic rings. The lowest BCUT2D eigenvalue weighted by Gasteiger charge is -2.25. The highest BCUT2D eigenvalue weighted by molar-refractivity contribution is 5.82. The Bertz CT molecular complexity index is 413. The van der Waals surface area contributed by atoms with E-state index in [0.717, 1.165) is 0 Å². The minimum absolute atomic E-state index is 0.0456. The van der Waals surface area contributed by atoms with Gasteiger partial charge >= 0.3 is 6.18 Å². The van der Waals surface area contributed by atoms with Gasteiger partial charge in [0.1, 0.15) is 6.54 Å². The smallest absolute Gasteiger partial charge is 0.353 e. The van der Waals surface area contributed by atoms with Crippen LogP contribution in [0.5, 0.6) is 0 Å². The maximum absolute atomic E-state index is 12.1. The molecule has 0 aromatic carbocycles. The second-order valence-electron chi connectivity index (χ2n) is 7.70. The van der Waals surface area contributed by atoms with E-state index in [-0.39, 0.29) is 11.9 Å². The molecule has 0 rings (SSSR count). The van der Waals surface area contributed by atoms with E-state index < -0.39 is 29.5 Å². The molecule has 4 nitrogen and oxygen atoms in total. The number of rotatable bonds is 7. The van der Waals surface area contributed by atoms with Crippen molar-refractivity contribution >= 4 is 11.8 Å². The van der Waals surface area contributed by atoms with Crippen LogP contribution in [-0.4, -0.2) is 30.6 Å². The van der Waals surface area contributed by atoms with Gasteiger partial charge in [-0.2, -0.15) is 13.2 Å². The van der Waals surface area contributed by atoms with Crippen molar-refractivity contribution in [1.29, 1.82) is 0 Å². The van der Waals surface area contributed by atoms with E-state index in [1.54, 1.807) is 13.8 Å². The monoisotopic (exact) mass is 338 g/mol. The van der Waals surface area contributed by atoms with Crippen molar-refractivity contribution in [2.45, 2.75) is 73.0 Å². The third-order valence-corrected chi connectivity index (χ3v) is 3.56. The number of hydrogen-bond donors (Lipinski definition) is 2. The predicted molar refractivity (Wildman–Crippen MR) is 83.8 cm³/mol. The highest BCUT2D eigenvalue weighted by Gasteiger charge is 2.33. The van der Waals surface area contributed by atoms with Gasteiger partial charge in [0.05, 0.1) is 0 Å². The summed E-state index contributed by atoms with van der Waals surface area (Å²) < 4.78 is 36.4. The van der Waals surface area contributed by atoms with E-state index in [1.165, 1.54) is 0 Å². The van der Waals surface area contributed by atoms with E-state index in [4.69, 9.17) is 0 Å². The van der Waals surface area contributed by atoms with Crippen LogP contribution >= 0.6 is 0 Å². The van der Waals surface area contributed by atoms with Gasteiger partial charge in [-0.15, -0.1) is 0 Å². The quantitative estimate of drug-likeness (QED) is 0.747. The molecule has 0 fully saturated rings. The fourth-order valence-electron chi connectivity index (χ4n) is 1.90. The first-order valence-corrected chi connectivity index (χ1v) is 7.81. The van der Waals surface area contributed by atoms with Crippen LogP contribution in [0.3, 0.4) is 0 Å². The zero-order chi connectivity index (χ0) is 18.5. The fourth-order valence-corrected chi connectivity index (χ4v) is 1.90. The summed E-state index contributed by atoms with van der Waals surface area (Å²) in [5.74, 6) is -0.659. The second kappa shape index (κ2) is 8.02. The minimum Gasteiger partial charge on any atom is -0.353 e. The van der Waals surface area contributed by atoms with Gasteiger partial charge in [-0.05, 0) is 19.8 Å². The average Bonchev–Trinajstić information content (AvgIpc) is 2.33. The standard InChI is InChI=1S/C16H29F3N2O2/c1-11(21-12(22)14(2,3)4)8-7-9-15(5,6)13(23)20-10-16(17,18)19/h11H,7-10H2,1-6H3,(H,20,23)(H,21,22). The molecule has 0 aromatic heterocycles. The van der Waals surface area contributed by atoms with E-state index in [2.05, 4.69) is 5.32 Å². The van der Waals surface area contributed by atoms with E-state index in [9.17, 15) is 22.8 Å². The maximum Gasteiger partial charge on any atom is 0.405 e. The predicted octanol–water partition coefficient (Wildman–Crippen LogP) is 3.41. The summed E-state index contributed by atoms with van der Waals surface area (Å²) in [6, 6.07) is -0.0456. The molecule has 0 bridgehead atoms. The van der Waals surface area contributed by atoms with E-state index in [1.807, 2.05) is 33.0 Å². The van der Waals surface area contributed by atoms with Crippen LogP contribution in [0.4, 0.5) is 13.2 Å². The molecule has 1 atom stereocenters. The summed E-state index contributed by atoms with van der Waals surface area (Å²) in [6.45, 7) is 9.28. The van der Waals surface area contributed by atoms with Crippen LogP contribution in [0.25, 0.3) is 0 Å². The lowest BCUT2D eigenvalue weighted by molar-refractivity contribution is -0.143. The van der Waals surface area contributed by atoms with Crippen molar-refractivity contribution < 1.29 is 22.8 Å². The first-order chi connectivity index (χ1) is 10.1. The lowest BCUT2D eigenvalue weighted by Crippen LogP contribution is -2.42. The third-order valence-electron chi connectivity index (χ3n) is 3.56. The first kappa shape index (κ1) is 21.7. The van der Waals surface area contributed by atoms with Gasteiger partial charge in [0.15, 0.2) is 0 Å². The van der Waals surface area contributed by atoms with Crippen LogP contribution in [-0.2, 0) is 9.59 Å². The molecule has 136 valence electrons. The van der Waals surface area contributed by atoms with Crippen molar-refractivity contribution in [1.82, 2.24) is 10.6 Å². The molecule has 0 spiro atoms. The summed E-state index contributed by atoms with van der Waals surface area (Å²) in [5.41, 5.74) is -1.34. The Hall–Kier alpha value is -1.27. The highest BCUT2D eigenvalue weighted by atomic mass is 19.4. The van der Waals surface area contributed by atoms with Crippen LogP contribution in [0.2, 0.25) is 0 Å². The fraction of sp³-hybridized carbons (Fsp3) is 0.875. The molecular weight excluding hydrogens is 309 g/mol. The Morgan fingerprint density at radius 1 is 1.00 bits per heavy atom. The van der Waals surface area contributed by atoms with Gasteiger partial charge < -0.3 is 10.6 Å². The Labute approximate surface area is 136 Å². The Kier molecular flexibility index (Phi) is 7.57. The van der Waals surface area contributed by atoms with Crippen molar-refractivity contribution in [3.05, 3.63) is 0 Å². The zero-order valence-corrected chi connectivity index (χ0v) is 14.9. The Morgan fingerprint density at radius 3 is 1.96 bits per heavy atom. The number of nitrogens with one attached hydrogen (secondary N) is 2. The molecule has 0 saturated carbocycles. The molecule has 0 heterocycles. The van der Waals surface area contributed by atoms with Gasteiger partial charge in [0.2, 0.25) is 11.8 Å². The minimum atomic E-state index is -4.41. The summed E-state index contributed by atoms with van der Waals surface area (Å²) in [5, 5.41) is 4.81. The number of hydrogen-bond acceptors (Lipinski definition) is 2. The molecule has 2 N–H and O–H groups in total. The Balaban J connectivity index is 4.24. The molecule has 0 aliphatic carbocycles. The van der Waals surface area contributed by atoms with Gasteiger partial charge in [-0.1, -0.05) is 41.0 Å². The normalized spacial score (nSPS) is 14.3. The van der Waals surface area contributed by atoms with Crippen LogP contribution in [0, 0.1) is 10.8 Å². The topological polar surface area (TPSA) is 58.2 Å². The number of halogens is 3. The van der Waals surface area contributed by atoms with E-state index in [0.29, 0.717) is 19.3 Å². The summed E-state index contributed by atoms with van der Waals surface area (Å²) in [6.07, 6.45) is -2.65. The summed E-state index contributed by atoms with van der Waals surface area (Å²) >= 11 is 0. The molecule has 0 saturated heterocycles. The molecule has 7 heteroatoms. The number of carbonyl (C=O) groups is 2. The second-order valence-corrected chi connectivity index (χ2v) is 7.70. The van der Waals surface area contributed by atoms with Gasteiger partial charge in [0.25, 0.3) is 0 Å². The SMILES string of the molecule is CC(CCCC(C)(C)C(=O)NCC(F)(F)F)NC(=O)C(C)(C)C. The largest absolute Gasteiger partial charge is 0.405 e. The van der Waals surface area contributed by atoms with Crippen molar-refractivity contribution in [3.8, 4) is 0 Å². The van der Waals surface area contributed by atoms with Crippen LogP contribution in [0.15, 0.2) is 0 Å². The van der Waals surface area contributed by atoms with Crippen LogP contribution < -0.4 is 10.6 Å². The maximum atomic E-state index is 12.1. The van der Waals surface area contributed by atoms with Gasteiger partial charge in [0, 0.05) is 16.9 Å². The Morgan fingerprint density at radius 2 is 1.52 bits per heavy atom. The van der Waals surface area contributed by atoms with Crippen LogP contribution in [0.1, 0.15) is 60.8 Å². The molecule has 2 amide bonds. The molecule has 23 heavy (non-hydrogen) atoms. The lowest BCUT2D eigenvalue weighted by atomic mass is 9.85. The summed E-state index contributed by atoms with van der Waals surface area (Å²) in [7, 11) is 0. The summed E-state index contributed by atoms with van der Waals surface area (Å²) in [4.78, 5) is 23.7. The molecule has 0 radical (unpaired) electrons.